The van der Waals surface area contributed by atoms with Crippen LogP contribution in [0.5, 0.6) is 0 Å². The summed E-state index contributed by atoms with van der Waals surface area (Å²) in [6.45, 7) is 0. The molecule has 0 bridgehead atoms. The Bertz CT molecular complexity index is 13.5. The van der Waals surface area contributed by atoms with Gasteiger partial charge in [-0.25, -0.2) is 0 Å². The summed E-state index contributed by atoms with van der Waals surface area (Å²) in [7, 11) is 0. The summed E-state index contributed by atoms with van der Waals surface area (Å²) in [6.07, 6.45) is 0. The monoisotopic (exact) mass is 234 g/mol. The SMILES string of the molecule is O=NO.[Re]. The second-order valence-electron chi connectivity index (χ2n) is 0.0816. The Morgan fingerprint density at radius 2 is 1.75 bits per heavy atom. The molecule has 0 spiro atoms. The molecule has 0 saturated carbocycles. The Labute approximate surface area is 36.6 Å². The summed E-state index contributed by atoms with van der Waals surface area (Å²) in [5.74, 6) is 0. The van der Waals surface area contributed by atoms with Crippen LogP contribution in [0, 0.1) is 4.91 Å². The first-order valence-corrected chi connectivity index (χ1v) is 0.383. The van der Waals surface area contributed by atoms with Crippen molar-refractivity contribution in [2.45, 2.75) is 0 Å². The van der Waals surface area contributed by atoms with E-state index in [0.29, 0.717) is 0 Å². The average molecular weight is 233 g/mol. The van der Waals surface area contributed by atoms with E-state index in [-0.39, 0.29) is 20.4 Å². The summed E-state index contributed by atoms with van der Waals surface area (Å²) in [5.41, 5.74) is 0. The number of nitrogens with zero attached hydrogens (tertiary/aromatic N) is 1. The van der Waals surface area contributed by atoms with Crippen LogP contribution in [0.15, 0.2) is 5.34 Å². The first-order chi connectivity index (χ1) is 1.41. The maximum atomic E-state index is 8.11. The molecule has 0 aliphatic heterocycles. The molecule has 0 amide bonds. The second-order valence-corrected chi connectivity index (χ2v) is 0.0816. The molecule has 3 nitrogen and oxygen atoms in total. The Morgan fingerprint density at radius 3 is 1.75 bits per heavy atom. The number of hydrogen-bond donors (Lipinski definition) is 1. The summed E-state index contributed by atoms with van der Waals surface area (Å²) in [5, 5.41) is 7.89. The maximum Gasteiger partial charge on any atom is 0.152 e. The topological polar surface area (TPSA) is 49.7 Å². The van der Waals surface area contributed by atoms with E-state index < -0.39 is 0 Å². The van der Waals surface area contributed by atoms with Gasteiger partial charge < -0.3 is 5.21 Å². The third-order valence-corrected chi connectivity index (χ3v) is 0. The molecule has 0 aliphatic rings. The van der Waals surface area contributed by atoms with Gasteiger partial charge in [0.1, 0.15) is 0 Å². The Balaban J connectivity index is 0. The van der Waals surface area contributed by atoms with E-state index >= 15 is 0 Å². The van der Waals surface area contributed by atoms with Gasteiger partial charge in [0.05, 0.1) is 0 Å². The van der Waals surface area contributed by atoms with E-state index in [2.05, 4.69) is 0 Å². The third-order valence-electron chi connectivity index (χ3n) is 0. The van der Waals surface area contributed by atoms with Gasteiger partial charge in [0.15, 0.2) is 5.34 Å². The van der Waals surface area contributed by atoms with E-state index in [1.165, 1.54) is 5.34 Å². The molecular formula is HNO2Re. The zero-order chi connectivity index (χ0) is 2.71. The van der Waals surface area contributed by atoms with Gasteiger partial charge >= 0.3 is 0 Å². The first kappa shape index (κ1) is 8.96. The van der Waals surface area contributed by atoms with E-state index in [9.17, 15) is 0 Å². The Hall–Kier alpha value is 0.0623. The molecule has 0 saturated heterocycles. The largest absolute Gasteiger partial charge is 0.379 e. The van der Waals surface area contributed by atoms with Crippen LogP contribution in [0.3, 0.4) is 0 Å². The Morgan fingerprint density at radius 1 is 1.75 bits per heavy atom. The standard InChI is InChI=1S/HNO2.Re/c2-1-3;/h(H,2,3);. The van der Waals surface area contributed by atoms with Gasteiger partial charge in [0, 0.05) is 20.4 Å². The molecule has 4 heteroatoms. The van der Waals surface area contributed by atoms with Crippen LogP contribution >= 0.6 is 0 Å². The van der Waals surface area contributed by atoms with Crippen LogP contribution in [-0.4, -0.2) is 5.21 Å². The normalized spacial score (nSPS) is 3.00. The first-order valence-electron chi connectivity index (χ1n) is 0.383. The fourth-order valence-electron chi connectivity index (χ4n) is 0. The quantitative estimate of drug-likeness (QED) is 0.478. The number of rotatable bonds is 0. The molecular weight excluding hydrogens is 232 g/mol. The summed E-state index contributed by atoms with van der Waals surface area (Å²) >= 11 is 0. The second kappa shape index (κ2) is 11.5. The van der Waals surface area contributed by atoms with Crippen molar-refractivity contribution in [3.8, 4) is 0 Å². The van der Waals surface area contributed by atoms with Gasteiger partial charge in [0.25, 0.3) is 0 Å². The van der Waals surface area contributed by atoms with E-state index in [1.807, 2.05) is 0 Å². The fourth-order valence-corrected chi connectivity index (χ4v) is 0. The van der Waals surface area contributed by atoms with Crippen LogP contribution in [0.25, 0.3) is 0 Å². The molecule has 0 aromatic carbocycles. The molecule has 0 aliphatic carbocycles. The predicted molar refractivity (Wildman–Crippen MR) is 7.58 cm³/mol. The van der Waals surface area contributed by atoms with Gasteiger partial charge in [0.2, 0.25) is 0 Å². The van der Waals surface area contributed by atoms with Crippen molar-refractivity contribution >= 4 is 0 Å². The van der Waals surface area contributed by atoms with Gasteiger partial charge in [-0.2, -0.15) is 0 Å². The van der Waals surface area contributed by atoms with Crippen molar-refractivity contribution in [2.24, 2.45) is 5.34 Å². The fraction of sp³-hybridized carbons (Fsp3) is 0. The molecule has 0 aromatic heterocycles. The van der Waals surface area contributed by atoms with Gasteiger partial charge in [-0.15, -0.1) is 4.91 Å². The molecule has 0 fully saturated rings. The molecule has 0 rings (SSSR count). The molecule has 25 valence electrons. The summed E-state index contributed by atoms with van der Waals surface area (Å²) in [4.78, 5) is 8.11. The summed E-state index contributed by atoms with van der Waals surface area (Å²) < 4.78 is 0. The van der Waals surface area contributed by atoms with Crippen LogP contribution < -0.4 is 0 Å². The van der Waals surface area contributed by atoms with Gasteiger partial charge in [-0.1, -0.05) is 0 Å². The zero-order valence-corrected chi connectivity index (χ0v) is 4.40. The van der Waals surface area contributed by atoms with Gasteiger partial charge in [-0.05, 0) is 0 Å². The van der Waals surface area contributed by atoms with Crippen molar-refractivity contribution in [1.29, 1.82) is 0 Å². The molecule has 0 aromatic rings. The Kier molecular flexibility index (Phi) is 25.8. The molecule has 0 unspecified atom stereocenters. The number of hydrogen-bond acceptors (Lipinski definition) is 2. The zero-order valence-electron chi connectivity index (χ0n) is 1.68. The van der Waals surface area contributed by atoms with Crippen LogP contribution in [0.4, 0.5) is 0 Å². The predicted octanol–water partition coefficient (Wildman–Crippen LogP) is 0.140. The van der Waals surface area contributed by atoms with Crippen molar-refractivity contribution in [2.75, 3.05) is 0 Å². The van der Waals surface area contributed by atoms with E-state index in [4.69, 9.17) is 10.1 Å². The molecule has 1 radical (unpaired) electrons. The van der Waals surface area contributed by atoms with Crippen LogP contribution in [0.2, 0.25) is 0 Å². The van der Waals surface area contributed by atoms with Crippen molar-refractivity contribution in [1.82, 2.24) is 0 Å². The van der Waals surface area contributed by atoms with Crippen LogP contribution in [-0.2, 0) is 20.4 Å². The van der Waals surface area contributed by atoms with Crippen molar-refractivity contribution in [3.05, 3.63) is 4.91 Å². The third kappa shape index (κ3) is 599. The molecule has 0 atom stereocenters. The molecule has 4 heavy (non-hydrogen) atoms. The van der Waals surface area contributed by atoms with Gasteiger partial charge in [-0.3, -0.25) is 0 Å². The smallest absolute Gasteiger partial charge is 0.152 e. The van der Waals surface area contributed by atoms with Crippen molar-refractivity contribution in [3.63, 3.8) is 0 Å². The summed E-state index contributed by atoms with van der Waals surface area (Å²) in [6, 6.07) is 0. The van der Waals surface area contributed by atoms with Crippen molar-refractivity contribution < 1.29 is 25.6 Å². The molecule has 1 N–H and O–H groups in total. The average Bonchev–Trinajstić information content (AvgIpc) is 0.918. The van der Waals surface area contributed by atoms with E-state index in [1.54, 1.807) is 0 Å². The minimum atomic E-state index is 0. The van der Waals surface area contributed by atoms with E-state index in [0.717, 1.165) is 0 Å². The minimum Gasteiger partial charge on any atom is -0.379 e. The van der Waals surface area contributed by atoms with Crippen LogP contribution in [0.1, 0.15) is 0 Å². The molecule has 0 heterocycles. The maximum absolute atomic E-state index is 8.11. The minimum absolute atomic E-state index is 0.